The quantitative estimate of drug-likeness (QED) is 0.330. The van der Waals surface area contributed by atoms with Crippen molar-refractivity contribution in [2.75, 3.05) is 30.8 Å². The lowest BCUT2D eigenvalue weighted by atomic mass is 10.0. The van der Waals surface area contributed by atoms with Crippen molar-refractivity contribution in [3.63, 3.8) is 0 Å². The number of halogens is 1. The Bertz CT molecular complexity index is 1370. The summed E-state index contributed by atoms with van der Waals surface area (Å²) in [6.07, 6.45) is 1.99. The second-order valence-corrected chi connectivity index (χ2v) is 11.4. The van der Waals surface area contributed by atoms with Gasteiger partial charge in [-0.15, -0.1) is 0 Å². The van der Waals surface area contributed by atoms with Crippen LogP contribution in [0.5, 0.6) is 5.75 Å². The number of methoxy groups -OCH3 is 1. The van der Waals surface area contributed by atoms with Gasteiger partial charge in [0.25, 0.3) is 0 Å². The molecule has 0 aliphatic heterocycles. The van der Waals surface area contributed by atoms with E-state index < -0.39 is 28.5 Å². The lowest BCUT2D eigenvalue weighted by Gasteiger charge is -2.33. The molecule has 0 saturated carbocycles. The van der Waals surface area contributed by atoms with E-state index in [2.05, 4.69) is 5.32 Å². The molecule has 8 nitrogen and oxygen atoms in total. The first-order valence-electron chi connectivity index (χ1n) is 12.6. The molecule has 0 fully saturated rings. The van der Waals surface area contributed by atoms with Crippen LogP contribution in [0.2, 0.25) is 5.02 Å². The minimum atomic E-state index is -3.89. The first kappa shape index (κ1) is 30.0. The summed E-state index contributed by atoms with van der Waals surface area (Å²) in [5, 5.41) is 3.10. The standard InChI is InChI=1S/C29H34ClN3O5S/c1-4-17-31-29(35)27(19-22-11-6-5-7-12-22)32(20-23-13-10-14-24(18-23)38-2)28(34)21-33(39(3,36)37)26-16-9-8-15-25(26)30/h5-16,18,27H,4,17,19-21H2,1-3H3,(H,31,35)/t27-/m1/s1. The van der Waals surface area contributed by atoms with Crippen molar-refractivity contribution in [3.05, 3.63) is 95.0 Å². The predicted molar refractivity (Wildman–Crippen MR) is 154 cm³/mol. The van der Waals surface area contributed by atoms with Gasteiger partial charge in [-0.3, -0.25) is 13.9 Å². The summed E-state index contributed by atoms with van der Waals surface area (Å²) >= 11 is 6.32. The monoisotopic (exact) mass is 571 g/mol. The number of sulfonamides is 1. The number of hydrogen-bond acceptors (Lipinski definition) is 5. The van der Waals surface area contributed by atoms with Crippen molar-refractivity contribution >= 4 is 39.1 Å². The van der Waals surface area contributed by atoms with Gasteiger partial charge in [0.1, 0.15) is 18.3 Å². The number of hydrogen-bond donors (Lipinski definition) is 1. The summed E-state index contributed by atoms with van der Waals surface area (Å²) < 4.78 is 32.0. The Morgan fingerprint density at radius 3 is 2.28 bits per heavy atom. The van der Waals surface area contributed by atoms with Crippen molar-refractivity contribution in [3.8, 4) is 5.75 Å². The molecule has 3 rings (SSSR count). The van der Waals surface area contributed by atoms with Crippen LogP contribution >= 0.6 is 11.6 Å². The van der Waals surface area contributed by atoms with E-state index in [-0.39, 0.29) is 29.6 Å². The van der Waals surface area contributed by atoms with Gasteiger partial charge in [-0.05, 0) is 41.8 Å². The minimum absolute atomic E-state index is 0.0627. The van der Waals surface area contributed by atoms with Crippen LogP contribution in [0.15, 0.2) is 78.9 Å². The van der Waals surface area contributed by atoms with Crippen molar-refractivity contribution in [2.45, 2.75) is 32.4 Å². The van der Waals surface area contributed by atoms with Crippen LogP contribution in [0, 0.1) is 0 Å². The molecule has 0 aliphatic rings. The topological polar surface area (TPSA) is 96.0 Å². The Kier molecular flexibility index (Phi) is 10.8. The van der Waals surface area contributed by atoms with E-state index in [0.29, 0.717) is 12.3 Å². The molecule has 0 bridgehead atoms. The highest BCUT2D eigenvalue weighted by Crippen LogP contribution is 2.28. The molecule has 0 aromatic heterocycles. The SMILES string of the molecule is CCCNC(=O)[C@@H](Cc1ccccc1)N(Cc1cccc(OC)c1)C(=O)CN(c1ccccc1Cl)S(C)(=O)=O. The number of ether oxygens (including phenoxy) is 1. The summed E-state index contributed by atoms with van der Waals surface area (Å²) in [6.45, 7) is 1.92. The third-order valence-electron chi connectivity index (χ3n) is 6.11. The molecule has 0 saturated heterocycles. The van der Waals surface area contributed by atoms with Crippen LogP contribution in [0.25, 0.3) is 0 Å². The summed E-state index contributed by atoms with van der Waals surface area (Å²) in [5.74, 6) is -0.264. The molecule has 1 atom stereocenters. The maximum atomic E-state index is 14.0. The van der Waals surface area contributed by atoms with Crippen molar-refractivity contribution in [1.82, 2.24) is 10.2 Å². The number of nitrogens with one attached hydrogen (secondary N) is 1. The Labute approximate surface area is 235 Å². The van der Waals surface area contributed by atoms with Gasteiger partial charge in [-0.2, -0.15) is 0 Å². The zero-order valence-corrected chi connectivity index (χ0v) is 23.9. The smallest absolute Gasteiger partial charge is 0.244 e. The number of anilines is 1. The molecule has 3 aromatic rings. The maximum absolute atomic E-state index is 14.0. The van der Waals surface area contributed by atoms with Gasteiger partial charge in [-0.1, -0.05) is 73.1 Å². The number of carbonyl (C=O) groups excluding carboxylic acids is 2. The van der Waals surface area contributed by atoms with E-state index in [1.807, 2.05) is 43.3 Å². The average molecular weight is 572 g/mol. The third-order valence-corrected chi connectivity index (χ3v) is 7.55. The minimum Gasteiger partial charge on any atom is -0.497 e. The highest BCUT2D eigenvalue weighted by molar-refractivity contribution is 7.92. The lowest BCUT2D eigenvalue weighted by molar-refractivity contribution is -0.140. The number of amides is 2. The zero-order valence-electron chi connectivity index (χ0n) is 22.3. The molecule has 1 N–H and O–H groups in total. The maximum Gasteiger partial charge on any atom is 0.244 e. The second kappa shape index (κ2) is 14.0. The molecule has 0 aliphatic carbocycles. The van der Waals surface area contributed by atoms with Crippen LogP contribution in [0.4, 0.5) is 5.69 Å². The van der Waals surface area contributed by atoms with Crippen molar-refractivity contribution in [2.24, 2.45) is 0 Å². The van der Waals surface area contributed by atoms with Crippen molar-refractivity contribution < 1.29 is 22.7 Å². The number of para-hydroxylation sites is 1. The van der Waals surface area contributed by atoms with Gasteiger partial charge >= 0.3 is 0 Å². The number of rotatable bonds is 13. The predicted octanol–water partition coefficient (Wildman–Crippen LogP) is 4.28. The largest absolute Gasteiger partial charge is 0.497 e. The molecule has 0 heterocycles. The molecule has 2 amide bonds. The van der Waals surface area contributed by atoms with Gasteiger partial charge in [0.05, 0.1) is 24.1 Å². The zero-order chi connectivity index (χ0) is 28.4. The van der Waals surface area contributed by atoms with E-state index in [9.17, 15) is 18.0 Å². The van der Waals surface area contributed by atoms with Crippen molar-refractivity contribution in [1.29, 1.82) is 0 Å². The van der Waals surface area contributed by atoms with Gasteiger partial charge < -0.3 is 15.0 Å². The molecule has 3 aromatic carbocycles. The third kappa shape index (κ3) is 8.46. The van der Waals surface area contributed by atoms with Gasteiger partial charge in [0.2, 0.25) is 21.8 Å². The van der Waals surface area contributed by atoms with Crippen LogP contribution in [-0.4, -0.2) is 57.6 Å². The second-order valence-electron chi connectivity index (χ2n) is 9.09. The van der Waals surface area contributed by atoms with E-state index in [1.54, 1.807) is 49.6 Å². The van der Waals surface area contributed by atoms with Crippen LogP contribution in [-0.2, 0) is 32.6 Å². The fourth-order valence-electron chi connectivity index (χ4n) is 4.14. The fourth-order valence-corrected chi connectivity index (χ4v) is 5.29. The summed E-state index contributed by atoms with van der Waals surface area (Å²) in [5.41, 5.74) is 1.78. The molecule has 39 heavy (non-hydrogen) atoms. The Morgan fingerprint density at radius 2 is 1.64 bits per heavy atom. The normalized spacial score (nSPS) is 11.9. The van der Waals surface area contributed by atoms with Crippen LogP contribution in [0.1, 0.15) is 24.5 Å². The van der Waals surface area contributed by atoms with Gasteiger partial charge in [0.15, 0.2) is 0 Å². The van der Waals surface area contributed by atoms with E-state index in [1.165, 1.54) is 4.90 Å². The lowest BCUT2D eigenvalue weighted by Crippen LogP contribution is -2.53. The van der Waals surface area contributed by atoms with E-state index in [4.69, 9.17) is 16.3 Å². The first-order valence-corrected chi connectivity index (χ1v) is 14.8. The molecule has 10 heteroatoms. The van der Waals surface area contributed by atoms with Crippen LogP contribution in [0.3, 0.4) is 0 Å². The molecule has 0 unspecified atom stereocenters. The number of benzene rings is 3. The highest BCUT2D eigenvalue weighted by Gasteiger charge is 2.33. The molecular weight excluding hydrogens is 538 g/mol. The summed E-state index contributed by atoms with van der Waals surface area (Å²) in [6, 6.07) is 22.1. The van der Waals surface area contributed by atoms with E-state index >= 15 is 0 Å². The molecular formula is C29H34ClN3O5S. The van der Waals surface area contributed by atoms with Gasteiger partial charge in [-0.25, -0.2) is 8.42 Å². The summed E-state index contributed by atoms with van der Waals surface area (Å²) in [7, 11) is -2.34. The fraction of sp³-hybridized carbons (Fsp3) is 0.310. The molecule has 0 spiro atoms. The molecule has 0 radical (unpaired) electrons. The Morgan fingerprint density at radius 1 is 0.974 bits per heavy atom. The first-order chi connectivity index (χ1) is 18.6. The van der Waals surface area contributed by atoms with E-state index in [0.717, 1.165) is 28.1 Å². The van der Waals surface area contributed by atoms with Gasteiger partial charge in [0, 0.05) is 19.5 Å². The van der Waals surface area contributed by atoms with Crippen LogP contribution < -0.4 is 14.4 Å². The highest BCUT2D eigenvalue weighted by atomic mass is 35.5. The Balaban J connectivity index is 2.06. The number of nitrogens with zero attached hydrogens (tertiary/aromatic N) is 2. The summed E-state index contributed by atoms with van der Waals surface area (Å²) in [4.78, 5) is 28.9. The average Bonchev–Trinajstić information content (AvgIpc) is 2.92. The Hall–Kier alpha value is -3.56. The number of carbonyl (C=O) groups is 2. The molecule has 208 valence electrons.